The first-order valence-electron chi connectivity index (χ1n) is 10.5. The number of carbonyl (C=O) groups is 2. The highest BCUT2D eigenvalue weighted by molar-refractivity contribution is 8.00. The summed E-state index contributed by atoms with van der Waals surface area (Å²) in [6, 6.07) is 23.6. The van der Waals surface area contributed by atoms with E-state index >= 15 is 0 Å². The van der Waals surface area contributed by atoms with Gasteiger partial charge in [-0.05, 0) is 60.4 Å². The van der Waals surface area contributed by atoms with Gasteiger partial charge in [0.2, 0.25) is 11.8 Å². The normalized spacial score (nSPS) is 15.8. The van der Waals surface area contributed by atoms with Crippen LogP contribution < -0.4 is 10.2 Å². The molecule has 3 aromatic carbocycles. The molecule has 4 rings (SSSR count). The van der Waals surface area contributed by atoms with Crippen molar-refractivity contribution in [1.29, 1.82) is 0 Å². The van der Waals surface area contributed by atoms with Crippen molar-refractivity contribution in [3.8, 4) is 0 Å². The van der Waals surface area contributed by atoms with E-state index in [9.17, 15) is 9.59 Å². The Morgan fingerprint density at radius 1 is 1.03 bits per heavy atom. The number of benzene rings is 3. The summed E-state index contributed by atoms with van der Waals surface area (Å²) in [6.07, 6.45) is 0. The van der Waals surface area contributed by atoms with E-state index in [0.717, 1.165) is 27.9 Å². The van der Waals surface area contributed by atoms with Crippen molar-refractivity contribution in [1.82, 2.24) is 0 Å². The zero-order chi connectivity index (χ0) is 22.5. The van der Waals surface area contributed by atoms with Crippen molar-refractivity contribution in [2.75, 3.05) is 22.6 Å². The second kappa shape index (κ2) is 10.0. The molecular formula is C26H26N2O3S. The van der Waals surface area contributed by atoms with Crippen LogP contribution in [0, 0.1) is 13.8 Å². The molecular weight excluding hydrogens is 420 g/mol. The highest BCUT2D eigenvalue weighted by Gasteiger charge is 2.34. The van der Waals surface area contributed by atoms with E-state index in [0.29, 0.717) is 18.0 Å². The molecule has 0 spiro atoms. The Bertz CT molecular complexity index is 1100. The van der Waals surface area contributed by atoms with Gasteiger partial charge in [0, 0.05) is 11.4 Å². The Morgan fingerprint density at radius 2 is 1.78 bits per heavy atom. The third-order valence-electron chi connectivity index (χ3n) is 5.15. The summed E-state index contributed by atoms with van der Waals surface area (Å²) in [4.78, 5) is 26.9. The molecule has 6 heteroatoms. The lowest BCUT2D eigenvalue weighted by Crippen LogP contribution is -2.28. The monoisotopic (exact) mass is 446 g/mol. The van der Waals surface area contributed by atoms with E-state index in [1.54, 1.807) is 11.8 Å². The van der Waals surface area contributed by atoms with E-state index in [2.05, 4.69) is 11.4 Å². The number of carbonyl (C=O) groups excluding carboxylic acids is 2. The van der Waals surface area contributed by atoms with Gasteiger partial charge in [-0.25, -0.2) is 0 Å². The summed E-state index contributed by atoms with van der Waals surface area (Å²) in [5.74, 6) is 0.315. The Hall–Kier alpha value is -3.09. The Balaban J connectivity index is 1.43. The van der Waals surface area contributed by atoms with Crippen LogP contribution in [-0.4, -0.2) is 24.2 Å². The fraction of sp³-hybridized carbons (Fsp3) is 0.231. The van der Waals surface area contributed by atoms with Crippen LogP contribution in [0.3, 0.4) is 0 Å². The molecule has 1 atom stereocenters. The predicted octanol–water partition coefficient (Wildman–Crippen LogP) is 5.24. The molecule has 1 saturated heterocycles. The number of amides is 2. The average molecular weight is 447 g/mol. The molecule has 0 aromatic heterocycles. The third kappa shape index (κ3) is 5.39. The zero-order valence-electron chi connectivity index (χ0n) is 18.2. The minimum absolute atomic E-state index is 0.0233. The number of hydrogen-bond acceptors (Lipinski definition) is 4. The maximum atomic E-state index is 12.7. The standard InChI is InChI=1S/C26H26N2O3S/c1-18-11-19(2)13-23(12-18)28-25(30)17-32-26(28)21-9-6-10-22(14-21)27-24(29)16-31-15-20-7-4-3-5-8-20/h3-14,26H,15-17H2,1-2H3,(H,27,29). The van der Waals surface area contributed by atoms with Gasteiger partial charge < -0.3 is 10.1 Å². The minimum Gasteiger partial charge on any atom is -0.367 e. The summed E-state index contributed by atoms with van der Waals surface area (Å²) >= 11 is 1.60. The third-order valence-corrected chi connectivity index (χ3v) is 6.37. The summed E-state index contributed by atoms with van der Waals surface area (Å²) in [7, 11) is 0. The van der Waals surface area contributed by atoms with E-state index < -0.39 is 0 Å². The fourth-order valence-electron chi connectivity index (χ4n) is 3.84. The zero-order valence-corrected chi connectivity index (χ0v) is 19.0. The lowest BCUT2D eigenvalue weighted by Gasteiger charge is -2.25. The van der Waals surface area contributed by atoms with Crippen molar-refractivity contribution in [2.45, 2.75) is 25.8 Å². The molecule has 1 unspecified atom stereocenters. The number of ether oxygens (including phenoxy) is 1. The van der Waals surface area contributed by atoms with Crippen LogP contribution in [0.25, 0.3) is 0 Å². The van der Waals surface area contributed by atoms with Crippen LogP contribution in [0.2, 0.25) is 0 Å². The van der Waals surface area contributed by atoms with Gasteiger partial charge in [0.15, 0.2) is 0 Å². The molecule has 1 aliphatic heterocycles. The number of nitrogens with one attached hydrogen (secondary N) is 1. The summed E-state index contributed by atoms with van der Waals surface area (Å²) in [6.45, 7) is 4.44. The molecule has 0 radical (unpaired) electrons. The van der Waals surface area contributed by atoms with Gasteiger partial charge in [0.1, 0.15) is 12.0 Å². The molecule has 0 saturated carbocycles. The number of aryl methyl sites for hydroxylation is 2. The number of anilines is 2. The highest BCUT2D eigenvalue weighted by atomic mass is 32.2. The van der Waals surface area contributed by atoms with Crippen molar-refractivity contribution >= 4 is 35.0 Å². The number of hydrogen-bond donors (Lipinski definition) is 1. The van der Waals surface area contributed by atoms with Gasteiger partial charge in [0.05, 0.1) is 12.4 Å². The first-order valence-corrected chi connectivity index (χ1v) is 11.6. The lowest BCUT2D eigenvalue weighted by molar-refractivity contribution is -0.121. The summed E-state index contributed by atoms with van der Waals surface area (Å²) < 4.78 is 5.53. The molecule has 5 nitrogen and oxygen atoms in total. The van der Waals surface area contributed by atoms with Crippen LogP contribution in [0.5, 0.6) is 0 Å². The van der Waals surface area contributed by atoms with Gasteiger partial charge in [-0.15, -0.1) is 11.8 Å². The van der Waals surface area contributed by atoms with E-state index in [4.69, 9.17) is 4.74 Å². The average Bonchev–Trinajstić information content (AvgIpc) is 3.15. The molecule has 32 heavy (non-hydrogen) atoms. The quantitative estimate of drug-likeness (QED) is 0.539. The molecule has 1 fully saturated rings. The lowest BCUT2D eigenvalue weighted by atomic mass is 10.1. The SMILES string of the molecule is Cc1cc(C)cc(N2C(=O)CSC2c2cccc(NC(=O)COCc3ccccc3)c2)c1. The first-order chi connectivity index (χ1) is 15.5. The van der Waals surface area contributed by atoms with E-state index in [-0.39, 0.29) is 23.8 Å². The number of nitrogens with zero attached hydrogens (tertiary/aromatic N) is 1. The summed E-state index contributed by atoms with van der Waals surface area (Å²) in [5.41, 5.74) is 5.85. The summed E-state index contributed by atoms with van der Waals surface area (Å²) in [5, 5.41) is 2.77. The van der Waals surface area contributed by atoms with Crippen LogP contribution in [0.15, 0.2) is 72.8 Å². The number of thioether (sulfide) groups is 1. The van der Waals surface area contributed by atoms with Crippen molar-refractivity contribution in [3.63, 3.8) is 0 Å². The van der Waals surface area contributed by atoms with Gasteiger partial charge in [-0.1, -0.05) is 48.5 Å². The van der Waals surface area contributed by atoms with Crippen molar-refractivity contribution in [2.24, 2.45) is 0 Å². The van der Waals surface area contributed by atoms with Gasteiger partial charge >= 0.3 is 0 Å². The largest absolute Gasteiger partial charge is 0.367 e. The van der Waals surface area contributed by atoms with E-state index in [1.165, 1.54) is 0 Å². The van der Waals surface area contributed by atoms with Crippen LogP contribution >= 0.6 is 11.8 Å². The second-order valence-corrected chi connectivity index (χ2v) is 8.99. The fourth-order valence-corrected chi connectivity index (χ4v) is 5.01. The maximum Gasteiger partial charge on any atom is 0.250 e. The van der Waals surface area contributed by atoms with Crippen molar-refractivity contribution in [3.05, 3.63) is 95.1 Å². The van der Waals surface area contributed by atoms with E-state index in [1.807, 2.05) is 85.5 Å². The van der Waals surface area contributed by atoms with Gasteiger partial charge in [-0.3, -0.25) is 14.5 Å². The Kier molecular flexibility index (Phi) is 6.93. The predicted molar refractivity (Wildman–Crippen MR) is 130 cm³/mol. The molecule has 0 bridgehead atoms. The first kappa shape index (κ1) is 22.1. The highest BCUT2D eigenvalue weighted by Crippen LogP contribution is 2.42. The van der Waals surface area contributed by atoms with Gasteiger partial charge in [0.25, 0.3) is 0 Å². The molecule has 1 aliphatic rings. The van der Waals surface area contributed by atoms with Crippen LogP contribution in [0.4, 0.5) is 11.4 Å². The second-order valence-electron chi connectivity index (χ2n) is 7.93. The smallest absolute Gasteiger partial charge is 0.250 e. The molecule has 0 aliphatic carbocycles. The minimum atomic E-state index is -0.209. The Labute approximate surface area is 192 Å². The Morgan fingerprint density at radius 3 is 2.53 bits per heavy atom. The molecule has 1 heterocycles. The molecule has 164 valence electrons. The van der Waals surface area contributed by atoms with Crippen LogP contribution in [-0.2, 0) is 20.9 Å². The molecule has 1 N–H and O–H groups in total. The van der Waals surface area contributed by atoms with Gasteiger partial charge in [-0.2, -0.15) is 0 Å². The topological polar surface area (TPSA) is 58.6 Å². The maximum absolute atomic E-state index is 12.7. The number of rotatable bonds is 7. The molecule has 2 amide bonds. The van der Waals surface area contributed by atoms with Crippen LogP contribution in [0.1, 0.15) is 27.6 Å². The van der Waals surface area contributed by atoms with Crippen molar-refractivity contribution < 1.29 is 14.3 Å². The molecule has 3 aromatic rings.